The van der Waals surface area contributed by atoms with Gasteiger partial charge in [0.15, 0.2) is 6.61 Å². The van der Waals surface area contributed by atoms with Crippen LogP contribution in [0.15, 0.2) is 46.9 Å². The minimum absolute atomic E-state index is 0.190. The molecule has 32 heavy (non-hydrogen) atoms. The summed E-state index contributed by atoms with van der Waals surface area (Å²) in [6.07, 6.45) is 3.20. The highest BCUT2D eigenvalue weighted by Gasteiger charge is 2.29. The Bertz CT molecular complexity index is 889. The molecule has 0 fully saturated rings. The molecule has 2 amide bonds. The summed E-state index contributed by atoms with van der Waals surface area (Å²) in [6, 6.07) is 11.1. The van der Waals surface area contributed by atoms with Gasteiger partial charge in [-0.3, -0.25) is 9.59 Å². The number of benzene rings is 2. The van der Waals surface area contributed by atoms with Crippen molar-refractivity contribution in [2.45, 2.75) is 59.0 Å². The molecule has 0 bridgehead atoms. The fourth-order valence-electron chi connectivity index (χ4n) is 3.32. The lowest BCUT2D eigenvalue weighted by Gasteiger charge is -2.30. The predicted molar refractivity (Wildman–Crippen MR) is 128 cm³/mol. The molecule has 0 saturated carbocycles. The molecule has 2 aromatic carbocycles. The number of rotatable bonds is 12. The minimum atomic E-state index is -0.640. The number of hydrogen-bond donors (Lipinski definition) is 1. The molecule has 1 atom stereocenters. The number of carbonyl (C=O) groups excluding carboxylic acids is 2. The second-order valence-electron chi connectivity index (χ2n) is 7.62. The highest BCUT2D eigenvalue weighted by Crippen LogP contribution is 2.26. The number of ether oxygens (including phenoxy) is 1. The van der Waals surface area contributed by atoms with Crippen LogP contribution in [0.5, 0.6) is 5.75 Å². The number of halogens is 2. The highest BCUT2D eigenvalue weighted by molar-refractivity contribution is 9.10. The Balaban J connectivity index is 2.18. The van der Waals surface area contributed by atoms with Crippen molar-refractivity contribution in [3.05, 3.63) is 63.9 Å². The molecule has 1 N–H and O–H groups in total. The molecule has 0 radical (unpaired) electrons. The summed E-state index contributed by atoms with van der Waals surface area (Å²) < 4.78 is 19.9. The van der Waals surface area contributed by atoms with Crippen LogP contribution in [-0.4, -0.2) is 35.9 Å². The van der Waals surface area contributed by atoms with Gasteiger partial charge >= 0.3 is 0 Å². The molecule has 0 saturated heterocycles. The summed E-state index contributed by atoms with van der Waals surface area (Å²) in [6.45, 7) is 6.54. The van der Waals surface area contributed by atoms with Crippen LogP contribution in [0.25, 0.3) is 0 Å². The van der Waals surface area contributed by atoms with Crippen molar-refractivity contribution in [1.29, 1.82) is 0 Å². The second kappa shape index (κ2) is 13.2. The number of nitrogens with zero attached hydrogens (tertiary/aromatic N) is 1. The van der Waals surface area contributed by atoms with Crippen LogP contribution in [0.2, 0.25) is 0 Å². The maximum atomic E-state index is 13.3. The van der Waals surface area contributed by atoms with E-state index in [-0.39, 0.29) is 30.8 Å². The predicted octanol–water partition coefficient (Wildman–Crippen LogP) is 5.25. The van der Waals surface area contributed by atoms with Gasteiger partial charge in [-0.15, -0.1) is 0 Å². The van der Waals surface area contributed by atoms with Gasteiger partial charge in [-0.1, -0.05) is 45.4 Å². The van der Waals surface area contributed by atoms with Gasteiger partial charge in [-0.05, 0) is 70.6 Å². The second-order valence-corrected chi connectivity index (χ2v) is 8.48. The van der Waals surface area contributed by atoms with Gasteiger partial charge in [-0.25, -0.2) is 4.39 Å². The standard InChI is InChI=1S/C25H32BrFN2O3/c1-4-7-14-28-25(31)22(6-3)29(16-19-8-11-20(27)12-9-19)24(30)17-32-23-13-10-18(5-2)15-21(23)26/h8-13,15,22H,4-7,14,16-17H2,1-3H3,(H,28,31)/t22-/m1/s1. The fourth-order valence-corrected chi connectivity index (χ4v) is 3.86. The van der Waals surface area contributed by atoms with Crippen molar-refractivity contribution in [2.75, 3.05) is 13.2 Å². The Kier molecular flexibility index (Phi) is 10.7. The quantitative estimate of drug-likeness (QED) is 0.399. The smallest absolute Gasteiger partial charge is 0.261 e. The number of aryl methyl sites for hydroxylation is 1. The third kappa shape index (κ3) is 7.62. The summed E-state index contributed by atoms with van der Waals surface area (Å²) in [5.41, 5.74) is 1.90. The van der Waals surface area contributed by atoms with Crippen molar-refractivity contribution in [1.82, 2.24) is 10.2 Å². The van der Waals surface area contributed by atoms with Crippen LogP contribution in [0.4, 0.5) is 4.39 Å². The van der Waals surface area contributed by atoms with Crippen LogP contribution in [0.1, 0.15) is 51.2 Å². The summed E-state index contributed by atoms with van der Waals surface area (Å²) in [7, 11) is 0. The van der Waals surface area contributed by atoms with E-state index in [9.17, 15) is 14.0 Å². The van der Waals surface area contributed by atoms with Crippen LogP contribution in [0.3, 0.4) is 0 Å². The van der Waals surface area contributed by atoms with E-state index in [2.05, 4.69) is 35.1 Å². The zero-order valence-electron chi connectivity index (χ0n) is 19.0. The van der Waals surface area contributed by atoms with Crippen molar-refractivity contribution >= 4 is 27.7 Å². The minimum Gasteiger partial charge on any atom is -0.483 e. The summed E-state index contributed by atoms with van der Waals surface area (Å²) in [4.78, 5) is 27.5. The average Bonchev–Trinajstić information content (AvgIpc) is 2.79. The van der Waals surface area contributed by atoms with Gasteiger partial charge < -0.3 is 15.0 Å². The van der Waals surface area contributed by atoms with E-state index < -0.39 is 6.04 Å². The molecule has 2 rings (SSSR count). The maximum Gasteiger partial charge on any atom is 0.261 e. The largest absolute Gasteiger partial charge is 0.483 e. The average molecular weight is 507 g/mol. The molecular weight excluding hydrogens is 475 g/mol. The molecular formula is C25H32BrFN2O3. The third-order valence-corrected chi connectivity index (χ3v) is 5.86. The Morgan fingerprint density at radius 3 is 2.38 bits per heavy atom. The first-order valence-electron chi connectivity index (χ1n) is 11.1. The normalized spacial score (nSPS) is 11.7. The topological polar surface area (TPSA) is 58.6 Å². The molecule has 0 aromatic heterocycles. The molecule has 174 valence electrons. The first-order chi connectivity index (χ1) is 15.4. The Labute approximate surface area is 198 Å². The van der Waals surface area contributed by atoms with Gasteiger partial charge in [0.1, 0.15) is 17.6 Å². The third-order valence-electron chi connectivity index (χ3n) is 5.24. The van der Waals surface area contributed by atoms with Crippen molar-refractivity contribution in [3.8, 4) is 5.75 Å². The first-order valence-corrected chi connectivity index (χ1v) is 11.9. The highest BCUT2D eigenvalue weighted by atomic mass is 79.9. The van der Waals surface area contributed by atoms with E-state index in [1.54, 1.807) is 12.1 Å². The molecule has 2 aromatic rings. The molecule has 0 heterocycles. The molecule has 0 aliphatic rings. The zero-order chi connectivity index (χ0) is 23.5. The van der Waals surface area contributed by atoms with E-state index in [1.807, 2.05) is 25.1 Å². The van der Waals surface area contributed by atoms with Crippen molar-refractivity contribution in [2.24, 2.45) is 0 Å². The monoisotopic (exact) mass is 506 g/mol. The van der Waals surface area contributed by atoms with Gasteiger partial charge in [0.2, 0.25) is 5.91 Å². The van der Waals surface area contributed by atoms with Crippen LogP contribution < -0.4 is 10.1 Å². The Hall–Kier alpha value is -2.41. The van der Waals surface area contributed by atoms with E-state index >= 15 is 0 Å². The molecule has 0 aliphatic carbocycles. The number of unbranched alkanes of at least 4 members (excludes halogenated alkanes) is 1. The molecule has 0 spiro atoms. The van der Waals surface area contributed by atoms with Crippen LogP contribution in [0, 0.1) is 5.82 Å². The van der Waals surface area contributed by atoms with Gasteiger partial charge in [-0.2, -0.15) is 0 Å². The Morgan fingerprint density at radius 2 is 1.78 bits per heavy atom. The van der Waals surface area contributed by atoms with E-state index in [1.165, 1.54) is 17.0 Å². The lowest BCUT2D eigenvalue weighted by Crippen LogP contribution is -2.50. The molecule has 5 nitrogen and oxygen atoms in total. The van der Waals surface area contributed by atoms with Gasteiger partial charge in [0, 0.05) is 13.1 Å². The SMILES string of the molecule is CCCCNC(=O)[C@@H](CC)N(Cc1ccc(F)cc1)C(=O)COc1ccc(CC)cc1Br. The molecule has 7 heteroatoms. The van der Waals surface area contributed by atoms with Crippen LogP contribution >= 0.6 is 15.9 Å². The van der Waals surface area contributed by atoms with Gasteiger partial charge in [0.25, 0.3) is 5.91 Å². The lowest BCUT2D eigenvalue weighted by atomic mass is 10.1. The van der Waals surface area contributed by atoms with Crippen molar-refractivity contribution in [3.63, 3.8) is 0 Å². The number of amides is 2. The van der Waals surface area contributed by atoms with Crippen molar-refractivity contribution < 1.29 is 18.7 Å². The van der Waals surface area contributed by atoms with E-state index in [4.69, 9.17) is 4.74 Å². The first kappa shape index (κ1) is 25.8. The molecule has 0 aliphatic heterocycles. The summed E-state index contributed by atoms with van der Waals surface area (Å²) >= 11 is 3.49. The number of nitrogens with one attached hydrogen (secondary N) is 1. The number of hydrogen-bond acceptors (Lipinski definition) is 3. The van der Waals surface area contributed by atoms with Gasteiger partial charge in [0.05, 0.1) is 4.47 Å². The summed E-state index contributed by atoms with van der Waals surface area (Å²) in [5.74, 6) is -0.277. The maximum absolute atomic E-state index is 13.3. The summed E-state index contributed by atoms with van der Waals surface area (Å²) in [5, 5.41) is 2.92. The van der Waals surface area contributed by atoms with E-state index in [0.717, 1.165) is 34.9 Å². The number of carbonyl (C=O) groups is 2. The fraction of sp³-hybridized carbons (Fsp3) is 0.440. The van der Waals surface area contributed by atoms with Crippen LogP contribution in [-0.2, 0) is 22.6 Å². The lowest BCUT2D eigenvalue weighted by molar-refractivity contribution is -0.143. The Morgan fingerprint density at radius 1 is 1.09 bits per heavy atom. The molecule has 0 unspecified atom stereocenters. The zero-order valence-corrected chi connectivity index (χ0v) is 20.6. The van der Waals surface area contributed by atoms with E-state index in [0.29, 0.717) is 18.7 Å².